The summed E-state index contributed by atoms with van der Waals surface area (Å²) >= 11 is 0. The van der Waals surface area contributed by atoms with Crippen LogP contribution in [0.5, 0.6) is 0 Å². The molecule has 1 unspecified atom stereocenters. The number of benzene rings is 1. The van der Waals surface area contributed by atoms with Crippen molar-refractivity contribution < 1.29 is 17.9 Å². The molecule has 3 aromatic rings. The Morgan fingerprint density at radius 3 is 2.53 bits per heavy atom. The van der Waals surface area contributed by atoms with Crippen LogP contribution in [0.2, 0.25) is 0 Å². The highest BCUT2D eigenvalue weighted by atomic mass is 19.4. The third-order valence-corrected chi connectivity index (χ3v) is 4.53. The van der Waals surface area contributed by atoms with E-state index in [-0.39, 0.29) is 12.0 Å². The molecule has 1 aliphatic heterocycles. The standard InChI is InChI=1S/C20H19F3N6O/c1-12-6-13(14-9-25-18(26-10-14)27-15-3-5-30-11-15)8-16(7-12)28-19-24-4-2-17(29-19)20(21,22)23/h2,4,6-10,15H,3,5,11H2,1H3,(H,24,28,29)(H,25,26,27). The van der Waals surface area contributed by atoms with Gasteiger partial charge in [0.25, 0.3) is 0 Å². The highest BCUT2D eigenvalue weighted by Gasteiger charge is 2.32. The predicted molar refractivity (Wildman–Crippen MR) is 105 cm³/mol. The second-order valence-corrected chi connectivity index (χ2v) is 6.98. The van der Waals surface area contributed by atoms with E-state index in [9.17, 15) is 13.2 Å². The quantitative estimate of drug-likeness (QED) is 0.645. The Morgan fingerprint density at radius 1 is 1.03 bits per heavy atom. The molecule has 7 nitrogen and oxygen atoms in total. The summed E-state index contributed by atoms with van der Waals surface area (Å²) in [5.74, 6) is 0.397. The lowest BCUT2D eigenvalue weighted by Gasteiger charge is -2.12. The third kappa shape index (κ3) is 4.82. The third-order valence-electron chi connectivity index (χ3n) is 4.53. The van der Waals surface area contributed by atoms with Crippen LogP contribution in [0.4, 0.5) is 30.8 Å². The molecule has 0 aliphatic carbocycles. The van der Waals surface area contributed by atoms with Gasteiger partial charge in [0.15, 0.2) is 0 Å². The average molecular weight is 416 g/mol. The highest BCUT2D eigenvalue weighted by molar-refractivity contribution is 5.70. The fourth-order valence-corrected chi connectivity index (χ4v) is 3.11. The van der Waals surface area contributed by atoms with E-state index < -0.39 is 11.9 Å². The lowest BCUT2D eigenvalue weighted by Crippen LogP contribution is -2.20. The van der Waals surface area contributed by atoms with Crippen molar-refractivity contribution in [3.05, 3.63) is 54.1 Å². The SMILES string of the molecule is Cc1cc(Nc2nccc(C(F)(F)F)n2)cc(-c2cnc(NC3CCOC3)nc2)c1. The smallest absolute Gasteiger partial charge is 0.379 e. The van der Waals surface area contributed by atoms with E-state index in [2.05, 4.69) is 30.6 Å². The topological polar surface area (TPSA) is 84.9 Å². The first-order chi connectivity index (χ1) is 14.4. The number of ether oxygens (including phenoxy) is 1. The van der Waals surface area contributed by atoms with Crippen LogP contribution in [-0.4, -0.2) is 39.2 Å². The summed E-state index contributed by atoms with van der Waals surface area (Å²) in [5, 5.41) is 6.06. The van der Waals surface area contributed by atoms with Crippen molar-refractivity contribution in [2.75, 3.05) is 23.8 Å². The molecule has 1 aromatic carbocycles. The summed E-state index contributed by atoms with van der Waals surface area (Å²) in [4.78, 5) is 16.1. The minimum absolute atomic E-state index is 0.129. The van der Waals surface area contributed by atoms with Crippen LogP contribution >= 0.6 is 0 Å². The van der Waals surface area contributed by atoms with E-state index in [1.54, 1.807) is 24.5 Å². The molecule has 2 N–H and O–H groups in total. The number of anilines is 3. The van der Waals surface area contributed by atoms with E-state index in [0.29, 0.717) is 18.2 Å². The maximum Gasteiger partial charge on any atom is 0.433 e. The number of hydrogen-bond donors (Lipinski definition) is 2. The zero-order valence-electron chi connectivity index (χ0n) is 16.1. The zero-order valence-corrected chi connectivity index (χ0v) is 16.1. The normalized spacial score (nSPS) is 16.5. The molecule has 1 fully saturated rings. The summed E-state index contributed by atoms with van der Waals surface area (Å²) in [6.07, 6.45) is 0.850. The largest absolute Gasteiger partial charge is 0.433 e. The number of nitrogens with zero attached hydrogens (tertiary/aromatic N) is 4. The van der Waals surface area contributed by atoms with Gasteiger partial charge in [-0.05, 0) is 42.7 Å². The van der Waals surface area contributed by atoms with Gasteiger partial charge in [0.05, 0.1) is 12.6 Å². The summed E-state index contributed by atoms with van der Waals surface area (Å²) in [5.41, 5.74) is 2.07. The van der Waals surface area contributed by atoms with Gasteiger partial charge in [-0.15, -0.1) is 0 Å². The number of hydrogen-bond acceptors (Lipinski definition) is 7. The van der Waals surface area contributed by atoms with Gasteiger partial charge in [0.2, 0.25) is 11.9 Å². The van der Waals surface area contributed by atoms with E-state index in [1.165, 1.54) is 0 Å². The van der Waals surface area contributed by atoms with Crippen molar-refractivity contribution in [3.63, 3.8) is 0 Å². The predicted octanol–water partition coefficient (Wildman–Crippen LogP) is 4.21. The lowest BCUT2D eigenvalue weighted by molar-refractivity contribution is -0.141. The van der Waals surface area contributed by atoms with Crippen LogP contribution in [0.25, 0.3) is 11.1 Å². The average Bonchev–Trinajstić information content (AvgIpc) is 3.21. The Kier molecular flexibility index (Phi) is 5.49. The van der Waals surface area contributed by atoms with Gasteiger partial charge in [0.1, 0.15) is 5.69 Å². The molecule has 1 aliphatic rings. The van der Waals surface area contributed by atoms with Crippen molar-refractivity contribution in [1.82, 2.24) is 19.9 Å². The Balaban J connectivity index is 1.53. The van der Waals surface area contributed by atoms with Crippen molar-refractivity contribution >= 4 is 17.6 Å². The van der Waals surface area contributed by atoms with Crippen LogP contribution in [0.3, 0.4) is 0 Å². The molecule has 156 valence electrons. The van der Waals surface area contributed by atoms with Crippen molar-refractivity contribution in [2.45, 2.75) is 25.6 Å². The van der Waals surface area contributed by atoms with E-state index in [0.717, 1.165) is 42.0 Å². The number of aryl methyl sites for hydroxylation is 1. The monoisotopic (exact) mass is 416 g/mol. The number of halogens is 3. The van der Waals surface area contributed by atoms with Gasteiger partial charge < -0.3 is 15.4 Å². The Hall–Kier alpha value is -3.27. The van der Waals surface area contributed by atoms with E-state index in [1.807, 2.05) is 13.0 Å². The van der Waals surface area contributed by atoms with Gasteiger partial charge in [0, 0.05) is 36.4 Å². The summed E-state index contributed by atoms with van der Waals surface area (Å²) < 4.78 is 43.9. The van der Waals surface area contributed by atoms with Crippen LogP contribution in [0.15, 0.2) is 42.9 Å². The minimum Gasteiger partial charge on any atom is -0.379 e. The summed E-state index contributed by atoms with van der Waals surface area (Å²) in [6.45, 7) is 3.25. The first kappa shape index (κ1) is 20.0. The molecule has 0 amide bonds. The minimum atomic E-state index is -4.53. The zero-order chi connectivity index (χ0) is 21.1. The van der Waals surface area contributed by atoms with E-state index in [4.69, 9.17) is 4.74 Å². The molecule has 30 heavy (non-hydrogen) atoms. The van der Waals surface area contributed by atoms with Crippen LogP contribution in [-0.2, 0) is 10.9 Å². The van der Waals surface area contributed by atoms with Gasteiger partial charge >= 0.3 is 6.18 Å². The van der Waals surface area contributed by atoms with Gasteiger partial charge in [-0.3, -0.25) is 0 Å². The molecule has 0 radical (unpaired) electrons. The maximum absolute atomic E-state index is 12.9. The lowest BCUT2D eigenvalue weighted by atomic mass is 10.1. The second kappa shape index (κ2) is 8.23. The fourth-order valence-electron chi connectivity index (χ4n) is 3.11. The molecule has 0 bridgehead atoms. The molecule has 3 heterocycles. The summed E-state index contributed by atoms with van der Waals surface area (Å²) in [7, 11) is 0. The molecular formula is C20H19F3N6O. The molecular weight excluding hydrogens is 397 g/mol. The Bertz CT molecular complexity index is 1020. The van der Waals surface area contributed by atoms with Crippen LogP contribution in [0, 0.1) is 6.92 Å². The van der Waals surface area contributed by atoms with Crippen molar-refractivity contribution in [2.24, 2.45) is 0 Å². The first-order valence-electron chi connectivity index (χ1n) is 9.32. The fraction of sp³-hybridized carbons (Fsp3) is 0.300. The molecule has 4 rings (SSSR count). The van der Waals surface area contributed by atoms with Gasteiger partial charge in [-0.1, -0.05) is 6.07 Å². The second-order valence-electron chi connectivity index (χ2n) is 6.98. The number of alkyl halides is 3. The maximum atomic E-state index is 12.9. The molecule has 2 aromatic heterocycles. The molecule has 1 saturated heterocycles. The van der Waals surface area contributed by atoms with Crippen molar-refractivity contribution in [1.29, 1.82) is 0 Å². The first-order valence-corrected chi connectivity index (χ1v) is 9.32. The Morgan fingerprint density at radius 2 is 1.83 bits per heavy atom. The van der Waals surface area contributed by atoms with Crippen LogP contribution < -0.4 is 10.6 Å². The number of nitrogens with one attached hydrogen (secondary N) is 2. The van der Waals surface area contributed by atoms with Gasteiger partial charge in [-0.25, -0.2) is 19.9 Å². The molecule has 0 spiro atoms. The molecule has 10 heteroatoms. The Labute approximate surface area is 170 Å². The summed E-state index contributed by atoms with van der Waals surface area (Å²) in [6, 6.07) is 6.56. The van der Waals surface area contributed by atoms with Crippen molar-refractivity contribution in [3.8, 4) is 11.1 Å². The molecule has 0 saturated carbocycles. The van der Waals surface area contributed by atoms with Gasteiger partial charge in [-0.2, -0.15) is 13.2 Å². The van der Waals surface area contributed by atoms with Crippen LogP contribution in [0.1, 0.15) is 17.7 Å². The number of aromatic nitrogens is 4. The molecule has 1 atom stereocenters. The van der Waals surface area contributed by atoms with E-state index >= 15 is 0 Å². The highest BCUT2D eigenvalue weighted by Crippen LogP contribution is 2.29. The number of rotatable bonds is 5.